The van der Waals surface area contributed by atoms with Crippen molar-refractivity contribution in [1.29, 1.82) is 0 Å². The Bertz CT molecular complexity index is 213. The highest BCUT2D eigenvalue weighted by atomic mass is 16.5. The Morgan fingerprint density at radius 1 is 1.00 bits per heavy atom. The van der Waals surface area contributed by atoms with E-state index in [0.717, 1.165) is 12.8 Å². The van der Waals surface area contributed by atoms with Gasteiger partial charge < -0.3 is 14.6 Å². The molecule has 0 saturated heterocycles. The summed E-state index contributed by atoms with van der Waals surface area (Å²) in [7, 11) is 0. The van der Waals surface area contributed by atoms with Gasteiger partial charge in [0.05, 0.1) is 19.8 Å². The third kappa shape index (κ3) is 24.5. The summed E-state index contributed by atoms with van der Waals surface area (Å²) >= 11 is 0. The zero-order valence-electron chi connectivity index (χ0n) is 13.9. The van der Waals surface area contributed by atoms with Crippen LogP contribution in [0.2, 0.25) is 0 Å². The van der Waals surface area contributed by atoms with Crippen molar-refractivity contribution in [3.63, 3.8) is 0 Å². The Balaban J connectivity index is 0. The third-order valence-electron chi connectivity index (χ3n) is 2.85. The molecule has 0 fully saturated rings. The fourth-order valence-corrected chi connectivity index (χ4v) is 1.68. The van der Waals surface area contributed by atoms with E-state index in [1.165, 1.54) is 44.6 Å². The highest BCUT2D eigenvalue weighted by Crippen LogP contribution is 2.08. The van der Waals surface area contributed by atoms with Crippen LogP contribution in [0.4, 0.5) is 0 Å². The second-order valence-corrected chi connectivity index (χ2v) is 4.77. The molecule has 126 valence electrons. The molecule has 1 N–H and O–H groups in total. The Morgan fingerprint density at radius 3 is 2.00 bits per heavy atom. The van der Waals surface area contributed by atoms with Gasteiger partial charge in [-0.1, -0.05) is 58.4 Å². The van der Waals surface area contributed by atoms with Gasteiger partial charge >= 0.3 is 5.97 Å². The van der Waals surface area contributed by atoms with E-state index in [2.05, 4.69) is 13.5 Å². The van der Waals surface area contributed by atoms with Crippen LogP contribution in [0.15, 0.2) is 12.7 Å². The highest BCUT2D eigenvalue weighted by Gasteiger charge is 1.95. The maximum absolute atomic E-state index is 10.7. The molecule has 21 heavy (non-hydrogen) atoms. The number of carbonyl (C=O) groups excluding carboxylic acids is 1. The van der Waals surface area contributed by atoms with Gasteiger partial charge in [-0.15, -0.1) is 0 Å². The number of hydrogen-bond donors (Lipinski definition) is 1. The van der Waals surface area contributed by atoms with Gasteiger partial charge in [-0.3, -0.25) is 0 Å². The quantitative estimate of drug-likeness (QED) is 0.319. The van der Waals surface area contributed by atoms with Crippen LogP contribution in [-0.2, 0) is 14.3 Å². The first-order valence-corrected chi connectivity index (χ1v) is 8.20. The van der Waals surface area contributed by atoms with Gasteiger partial charge in [-0.05, 0) is 13.3 Å². The van der Waals surface area contributed by atoms with E-state index >= 15 is 0 Å². The number of esters is 1. The van der Waals surface area contributed by atoms with E-state index in [1.54, 1.807) is 0 Å². The van der Waals surface area contributed by atoms with E-state index in [4.69, 9.17) is 14.6 Å². The molecule has 0 radical (unpaired) electrons. The van der Waals surface area contributed by atoms with Crippen LogP contribution in [0.5, 0.6) is 0 Å². The first-order chi connectivity index (χ1) is 10.2. The van der Waals surface area contributed by atoms with Gasteiger partial charge in [0.15, 0.2) is 0 Å². The summed E-state index contributed by atoms with van der Waals surface area (Å²) in [6, 6.07) is 0. The predicted octanol–water partition coefficient (Wildman–Crippen LogP) is 3.87. The van der Waals surface area contributed by atoms with Crippen LogP contribution in [0.1, 0.15) is 65.2 Å². The maximum Gasteiger partial charge on any atom is 0.330 e. The molecule has 0 aliphatic carbocycles. The zero-order chi connectivity index (χ0) is 16.2. The van der Waals surface area contributed by atoms with Crippen molar-refractivity contribution >= 4 is 5.97 Å². The fraction of sp³-hybridized carbons (Fsp3) is 0.824. The smallest absolute Gasteiger partial charge is 0.330 e. The summed E-state index contributed by atoms with van der Waals surface area (Å²) in [5.41, 5.74) is 0. The van der Waals surface area contributed by atoms with Crippen molar-refractivity contribution in [1.82, 2.24) is 0 Å². The summed E-state index contributed by atoms with van der Waals surface area (Å²) in [4.78, 5) is 10.7. The van der Waals surface area contributed by atoms with E-state index < -0.39 is 0 Å². The Morgan fingerprint density at radius 2 is 1.57 bits per heavy atom. The molecule has 0 saturated carbocycles. The number of unbranched alkanes of at least 4 members (excludes halogenated alkanes) is 7. The number of aliphatic hydroxyl groups is 1. The van der Waals surface area contributed by atoms with Crippen LogP contribution >= 0.6 is 0 Å². The normalized spacial score (nSPS) is 9.67. The molecule has 0 rings (SSSR count). The fourth-order valence-electron chi connectivity index (χ4n) is 1.68. The van der Waals surface area contributed by atoms with Gasteiger partial charge in [-0.25, -0.2) is 4.79 Å². The van der Waals surface area contributed by atoms with Gasteiger partial charge in [0.1, 0.15) is 0 Å². The number of rotatable bonds is 13. The van der Waals surface area contributed by atoms with Crippen LogP contribution in [0.25, 0.3) is 0 Å². The molecule has 0 aliphatic heterocycles. The summed E-state index contributed by atoms with van der Waals surface area (Å²) in [6.45, 7) is 9.31. The molecule has 0 aromatic rings. The lowest BCUT2D eigenvalue weighted by Crippen LogP contribution is -2.01. The molecule has 4 heteroatoms. The van der Waals surface area contributed by atoms with E-state index in [1.807, 2.05) is 6.92 Å². The highest BCUT2D eigenvalue weighted by molar-refractivity contribution is 5.81. The average molecular weight is 302 g/mol. The van der Waals surface area contributed by atoms with Gasteiger partial charge in [0.25, 0.3) is 0 Å². The minimum Gasteiger partial charge on any atom is -0.463 e. The molecule has 0 spiro atoms. The largest absolute Gasteiger partial charge is 0.463 e. The van der Waals surface area contributed by atoms with Crippen molar-refractivity contribution in [2.45, 2.75) is 65.2 Å². The van der Waals surface area contributed by atoms with Gasteiger partial charge in [0, 0.05) is 12.7 Å². The summed E-state index contributed by atoms with van der Waals surface area (Å²) in [6.07, 6.45) is 11.3. The molecule has 0 atom stereocenters. The number of aliphatic hydroxyl groups excluding tert-OH is 1. The summed E-state index contributed by atoms with van der Waals surface area (Å²) in [5.74, 6) is -0.307. The molecule has 0 unspecified atom stereocenters. The SMILES string of the molecule is C=CC(=O)OCCCCCCCCCC.CCOCCO. The predicted molar refractivity (Wildman–Crippen MR) is 87.3 cm³/mol. The van der Waals surface area contributed by atoms with Gasteiger partial charge in [0.2, 0.25) is 0 Å². The molecule has 4 nitrogen and oxygen atoms in total. The lowest BCUT2D eigenvalue weighted by molar-refractivity contribution is -0.137. The Kier molecular flexibility index (Phi) is 22.9. The minimum atomic E-state index is -0.307. The van der Waals surface area contributed by atoms with Gasteiger partial charge in [-0.2, -0.15) is 0 Å². The summed E-state index contributed by atoms with van der Waals surface area (Å²) in [5, 5.41) is 8.07. The van der Waals surface area contributed by atoms with Crippen LogP contribution in [0.3, 0.4) is 0 Å². The van der Waals surface area contributed by atoms with Crippen molar-refractivity contribution in [3.05, 3.63) is 12.7 Å². The molecule has 0 bridgehead atoms. The van der Waals surface area contributed by atoms with E-state index in [9.17, 15) is 4.79 Å². The molecular weight excluding hydrogens is 268 g/mol. The first-order valence-electron chi connectivity index (χ1n) is 8.20. The lowest BCUT2D eigenvalue weighted by Gasteiger charge is -2.02. The second-order valence-electron chi connectivity index (χ2n) is 4.77. The van der Waals surface area contributed by atoms with E-state index in [0.29, 0.717) is 19.8 Å². The third-order valence-corrected chi connectivity index (χ3v) is 2.85. The minimum absolute atomic E-state index is 0.133. The van der Waals surface area contributed by atoms with Crippen molar-refractivity contribution < 1.29 is 19.4 Å². The van der Waals surface area contributed by atoms with Crippen LogP contribution in [-0.4, -0.2) is 37.5 Å². The van der Waals surface area contributed by atoms with Crippen molar-refractivity contribution in [3.8, 4) is 0 Å². The molecule has 0 aromatic carbocycles. The summed E-state index contributed by atoms with van der Waals surface area (Å²) < 4.78 is 9.61. The van der Waals surface area contributed by atoms with Crippen molar-refractivity contribution in [2.75, 3.05) is 26.4 Å². The Labute approximate surface area is 130 Å². The zero-order valence-corrected chi connectivity index (χ0v) is 13.9. The average Bonchev–Trinajstić information content (AvgIpc) is 2.51. The molecule has 0 heterocycles. The van der Waals surface area contributed by atoms with Crippen LogP contribution in [0, 0.1) is 0 Å². The molecule has 0 amide bonds. The first kappa shape index (κ1) is 22.4. The second kappa shape index (κ2) is 21.4. The maximum atomic E-state index is 10.7. The Hall–Kier alpha value is -0.870. The van der Waals surface area contributed by atoms with Crippen LogP contribution < -0.4 is 0 Å². The topological polar surface area (TPSA) is 55.8 Å². The standard InChI is InChI=1S/C13H24O2.C4H10O2/c1-3-5-6-7-8-9-10-11-12-15-13(14)4-2;1-2-6-4-3-5/h4H,2-3,5-12H2,1H3;5H,2-4H2,1H3. The number of ether oxygens (including phenoxy) is 2. The number of carbonyl (C=O) groups is 1. The molecule has 0 aliphatic rings. The number of hydrogen-bond acceptors (Lipinski definition) is 4. The van der Waals surface area contributed by atoms with Crippen molar-refractivity contribution in [2.24, 2.45) is 0 Å². The molecule has 0 aromatic heterocycles. The van der Waals surface area contributed by atoms with E-state index in [-0.39, 0.29) is 12.6 Å². The molecular formula is C17H34O4. The monoisotopic (exact) mass is 302 g/mol. The lowest BCUT2D eigenvalue weighted by atomic mass is 10.1.